The van der Waals surface area contributed by atoms with Gasteiger partial charge in [-0.3, -0.25) is 5.41 Å². The number of anilines is 1. The van der Waals surface area contributed by atoms with Crippen LogP contribution in [0.2, 0.25) is 0 Å². The fraction of sp³-hybridized carbons (Fsp3) is 0.158. The molecule has 5 nitrogen and oxygen atoms in total. The zero-order chi connectivity index (χ0) is 17.6. The standard InChI is InChI=1S/C19H17N3O2S/c1-21-14-5-3-4-6-16(14)25-19(21)17-15(23)11-22(18(17)20)12-7-9-13(24-2)10-8-12/h3-10,20H,11H2,1-2H3/p+1. The fourth-order valence-electron chi connectivity index (χ4n) is 3.11. The van der Waals surface area contributed by atoms with E-state index in [0.29, 0.717) is 18.0 Å². The van der Waals surface area contributed by atoms with Crippen molar-refractivity contribution in [2.45, 2.75) is 0 Å². The molecule has 6 heteroatoms. The number of nitrogens with zero attached hydrogens (tertiary/aromatic N) is 2. The lowest BCUT2D eigenvalue weighted by Gasteiger charge is -2.18. The monoisotopic (exact) mass is 352 g/mol. The highest BCUT2D eigenvalue weighted by Gasteiger charge is 2.36. The Hall–Kier alpha value is -2.86. The van der Waals surface area contributed by atoms with Gasteiger partial charge in [0.25, 0.3) is 5.01 Å². The number of aryl methyl sites for hydroxylation is 1. The van der Waals surface area contributed by atoms with E-state index in [-0.39, 0.29) is 5.76 Å². The predicted octanol–water partition coefficient (Wildman–Crippen LogP) is 3.50. The Morgan fingerprint density at radius 1 is 1.16 bits per heavy atom. The van der Waals surface area contributed by atoms with Crippen LogP contribution in [-0.2, 0) is 7.05 Å². The summed E-state index contributed by atoms with van der Waals surface area (Å²) in [7, 11) is 3.59. The highest BCUT2D eigenvalue weighted by atomic mass is 32.1. The summed E-state index contributed by atoms with van der Waals surface area (Å²) in [5, 5.41) is 20.1. The van der Waals surface area contributed by atoms with Gasteiger partial charge in [0.1, 0.15) is 34.7 Å². The minimum Gasteiger partial charge on any atom is -0.509 e. The first-order chi connectivity index (χ1) is 12.1. The molecule has 2 heterocycles. The molecule has 0 bridgehead atoms. The van der Waals surface area contributed by atoms with E-state index in [2.05, 4.69) is 6.07 Å². The Morgan fingerprint density at radius 3 is 2.56 bits per heavy atom. The van der Waals surface area contributed by atoms with Gasteiger partial charge in [0, 0.05) is 11.8 Å². The van der Waals surface area contributed by atoms with Crippen LogP contribution in [0.25, 0.3) is 15.8 Å². The van der Waals surface area contributed by atoms with Crippen molar-refractivity contribution >= 4 is 38.6 Å². The Labute approximate surface area is 149 Å². The second-order valence-electron chi connectivity index (χ2n) is 5.89. The van der Waals surface area contributed by atoms with Crippen molar-refractivity contribution in [1.82, 2.24) is 0 Å². The van der Waals surface area contributed by atoms with Crippen LogP contribution in [0.15, 0.2) is 54.3 Å². The van der Waals surface area contributed by atoms with E-state index in [9.17, 15) is 5.11 Å². The Balaban J connectivity index is 1.73. The van der Waals surface area contributed by atoms with Crippen molar-refractivity contribution in [3.8, 4) is 5.75 Å². The summed E-state index contributed by atoms with van der Waals surface area (Å²) in [6.07, 6.45) is 0. The molecule has 2 aromatic carbocycles. The highest BCUT2D eigenvalue weighted by molar-refractivity contribution is 7.19. The summed E-state index contributed by atoms with van der Waals surface area (Å²) in [6.45, 7) is 0.300. The van der Waals surface area contributed by atoms with Gasteiger partial charge in [-0.1, -0.05) is 23.5 Å². The van der Waals surface area contributed by atoms with Gasteiger partial charge in [-0.05, 0) is 30.3 Å². The second kappa shape index (κ2) is 5.89. The molecule has 1 aromatic heterocycles. The van der Waals surface area contributed by atoms with Crippen LogP contribution in [-0.4, -0.2) is 24.6 Å². The average Bonchev–Trinajstić information content (AvgIpc) is 3.12. The maximum atomic E-state index is 10.6. The Kier molecular flexibility index (Phi) is 3.69. The fourth-order valence-corrected chi connectivity index (χ4v) is 4.32. The maximum Gasteiger partial charge on any atom is 0.277 e. The number of aromatic nitrogens is 1. The van der Waals surface area contributed by atoms with Gasteiger partial charge in [-0.15, -0.1) is 0 Å². The molecule has 1 aliphatic rings. The minimum absolute atomic E-state index is 0.225. The van der Waals surface area contributed by atoms with Gasteiger partial charge in [-0.25, -0.2) is 0 Å². The normalized spacial score (nSPS) is 14.6. The molecule has 0 unspecified atom stereocenters. The number of para-hydroxylation sites is 1. The molecule has 0 fully saturated rings. The lowest BCUT2D eigenvalue weighted by atomic mass is 10.2. The van der Waals surface area contributed by atoms with Gasteiger partial charge in [-0.2, -0.15) is 4.57 Å². The molecule has 126 valence electrons. The van der Waals surface area contributed by atoms with E-state index in [0.717, 1.165) is 26.7 Å². The van der Waals surface area contributed by atoms with Gasteiger partial charge in [0.2, 0.25) is 5.52 Å². The highest BCUT2D eigenvalue weighted by Crippen LogP contribution is 2.34. The summed E-state index contributed by atoms with van der Waals surface area (Å²) in [5.74, 6) is 1.30. The molecular weight excluding hydrogens is 334 g/mol. The predicted molar refractivity (Wildman–Crippen MR) is 101 cm³/mol. The lowest BCUT2D eigenvalue weighted by Crippen LogP contribution is -2.33. The number of nitrogens with one attached hydrogen (secondary N) is 1. The molecule has 4 rings (SSSR count). The van der Waals surface area contributed by atoms with Crippen LogP contribution in [0, 0.1) is 5.41 Å². The topological polar surface area (TPSA) is 60.4 Å². The number of methoxy groups -OCH3 is 1. The van der Waals surface area contributed by atoms with Crippen molar-refractivity contribution in [1.29, 1.82) is 5.41 Å². The zero-order valence-corrected chi connectivity index (χ0v) is 14.8. The van der Waals surface area contributed by atoms with Crippen LogP contribution in [0.5, 0.6) is 5.75 Å². The summed E-state index contributed by atoms with van der Waals surface area (Å²) >= 11 is 1.59. The molecule has 0 aliphatic carbocycles. The summed E-state index contributed by atoms with van der Waals surface area (Å²) in [5.41, 5.74) is 2.55. The first-order valence-electron chi connectivity index (χ1n) is 7.90. The van der Waals surface area contributed by atoms with Crippen molar-refractivity contribution in [3.63, 3.8) is 0 Å². The van der Waals surface area contributed by atoms with Crippen LogP contribution in [0.4, 0.5) is 5.69 Å². The molecule has 0 amide bonds. The van der Waals surface area contributed by atoms with E-state index in [1.165, 1.54) is 0 Å². The quantitative estimate of drug-likeness (QED) is 0.709. The molecule has 1 aliphatic heterocycles. The van der Waals surface area contributed by atoms with Crippen molar-refractivity contribution in [3.05, 3.63) is 59.3 Å². The molecule has 0 saturated heterocycles. The minimum atomic E-state index is 0.225. The van der Waals surface area contributed by atoms with Crippen molar-refractivity contribution in [2.24, 2.45) is 7.05 Å². The number of aliphatic hydroxyl groups is 1. The van der Waals surface area contributed by atoms with Crippen LogP contribution >= 0.6 is 11.3 Å². The van der Waals surface area contributed by atoms with E-state index in [1.54, 1.807) is 23.3 Å². The van der Waals surface area contributed by atoms with Gasteiger partial charge in [0.15, 0.2) is 0 Å². The average molecular weight is 352 g/mol. The third-order valence-corrected chi connectivity index (χ3v) is 5.68. The van der Waals surface area contributed by atoms with E-state index < -0.39 is 0 Å². The van der Waals surface area contributed by atoms with E-state index in [1.807, 2.05) is 54.1 Å². The number of benzene rings is 2. The van der Waals surface area contributed by atoms with E-state index >= 15 is 0 Å². The molecule has 0 atom stereocenters. The zero-order valence-electron chi connectivity index (χ0n) is 14.0. The Bertz CT molecular complexity index is 1010. The first-order valence-corrected chi connectivity index (χ1v) is 8.72. The molecule has 0 radical (unpaired) electrons. The summed E-state index contributed by atoms with van der Waals surface area (Å²) < 4.78 is 8.36. The maximum absolute atomic E-state index is 10.6. The molecular formula is C19H18N3O2S+. The number of hydrogen-bond acceptors (Lipinski definition) is 4. The molecule has 3 aromatic rings. The summed E-state index contributed by atoms with van der Waals surface area (Å²) in [6, 6.07) is 15.6. The number of ether oxygens (including phenoxy) is 1. The number of rotatable bonds is 3. The number of aliphatic hydroxyl groups excluding tert-OH is 1. The third kappa shape index (κ3) is 2.46. The molecule has 25 heavy (non-hydrogen) atoms. The second-order valence-corrected chi connectivity index (χ2v) is 6.92. The van der Waals surface area contributed by atoms with Crippen molar-refractivity contribution in [2.75, 3.05) is 18.6 Å². The van der Waals surface area contributed by atoms with E-state index in [4.69, 9.17) is 10.1 Å². The van der Waals surface area contributed by atoms with Crippen LogP contribution < -0.4 is 14.2 Å². The lowest BCUT2D eigenvalue weighted by molar-refractivity contribution is -0.642. The van der Waals surface area contributed by atoms with Gasteiger partial charge in [0.05, 0.1) is 13.7 Å². The Morgan fingerprint density at radius 2 is 1.88 bits per heavy atom. The number of fused-ring (bicyclic) bond motifs is 1. The van der Waals surface area contributed by atoms with Crippen molar-refractivity contribution < 1.29 is 14.4 Å². The molecule has 2 N–H and O–H groups in total. The van der Waals surface area contributed by atoms with Crippen LogP contribution in [0.1, 0.15) is 5.01 Å². The van der Waals surface area contributed by atoms with Gasteiger partial charge >= 0.3 is 0 Å². The third-order valence-electron chi connectivity index (χ3n) is 4.44. The number of thiazole rings is 1. The molecule has 0 spiro atoms. The smallest absolute Gasteiger partial charge is 0.277 e. The largest absolute Gasteiger partial charge is 0.509 e. The summed E-state index contributed by atoms with van der Waals surface area (Å²) in [4.78, 5) is 1.80. The van der Waals surface area contributed by atoms with Crippen LogP contribution in [0.3, 0.4) is 0 Å². The number of amidine groups is 1. The molecule has 0 saturated carbocycles. The SMILES string of the molecule is COc1ccc(N2CC(O)=C(c3sc4ccccc4[n+]3C)C2=N)cc1. The number of hydrogen-bond donors (Lipinski definition) is 2. The van der Waals surface area contributed by atoms with Gasteiger partial charge < -0.3 is 14.7 Å². The first kappa shape index (κ1) is 15.7.